The molecule has 0 saturated carbocycles. The van der Waals surface area contributed by atoms with Crippen molar-refractivity contribution in [2.75, 3.05) is 7.05 Å². The zero-order valence-electron chi connectivity index (χ0n) is 11.6. The van der Waals surface area contributed by atoms with Crippen LogP contribution in [0.4, 0.5) is 8.78 Å². The van der Waals surface area contributed by atoms with Crippen LogP contribution in [0, 0.1) is 11.6 Å². The van der Waals surface area contributed by atoms with E-state index in [0.717, 1.165) is 28.7 Å². The average molecular weight is 379 g/mol. The molecule has 0 spiro atoms. The van der Waals surface area contributed by atoms with Gasteiger partial charge < -0.3 is 5.32 Å². The molecule has 0 aliphatic rings. The second-order valence-corrected chi connectivity index (χ2v) is 5.87. The first kappa shape index (κ1) is 16.4. The molecule has 7 heteroatoms. The fourth-order valence-corrected chi connectivity index (χ4v) is 2.92. The maximum Gasteiger partial charge on any atom is 0.142 e. The lowest BCUT2D eigenvalue weighted by Gasteiger charge is -2.20. The first-order valence-corrected chi connectivity index (χ1v) is 7.69. The number of aromatic nitrogens is 2. The summed E-state index contributed by atoms with van der Waals surface area (Å²) in [7, 11) is 1.69. The molecule has 1 aromatic heterocycles. The molecule has 0 fully saturated rings. The van der Waals surface area contributed by atoms with Crippen LogP contribution in [0.3, 0.4) is 0 Å². The van der Waals surface area contributed by atoms with Crippen molar-refractivity contribution < 1.29 is 8.78 Å². The Morgan fingerprint density at radius 1 is 1.38 bits per heavy atom. The fourth-order valence-electron chi connectivity index (χ4n) is 2.25. The van der Waals surface area contributed by atoms with E-state index in [9.17, 15) is 8.78 Å². The van der Waals surface area contributed by atoms with Crippen LogP contribution < -0.4 is 5.32 Å². The van der Waals surface area contributed by atoms with Crippen LogP contribution in [-0.2, 0) is 6.54 Å². The number of benzene rings is 1. The van der Waals surface area contributed by atoms with Gasteiger partial charge in [-0.25, -0.2) is 8.78 Å². The normalized spacial score (nSPS) is 12.7. The summed E-state index contributed by atoms with van der Waals surface area (Å²) in [5, 5.41) is 7.03. The van der Waals surface area contributed by atoms with Crippen LogP contribution >= 0.6 is 27.5 Å². The topological polar surface area (TPSA) is 29.9 Å². The predicted molar refractivity (Wildman–Crippen MR) is 82.5 cm³/mol. The highest BCUT2D eigenvalue weighted by molar-refractivity contribution is 9.10. The van der Waals surface area contributed by atoms with Crippen LogP contribution in [0.1, 0.15) is 30.6 Å². The summed E-state index contributed by atoms with van der Waals surface area (Å²) < 4.78 is 30.4. The number of halogens is 4. The Hall–Kier alpha value is -0.980. The number of hydrogen-bond acceptors (Lipinski definition) is 2. The lowest BCUT2D eigenvalue weighted by molar-refractivity contribution is 0.510. The molecule has 1 aromatic carbocycles. The van der Waals surface area contributed by atoms with Crippen molar-refractivity contribution >= 4 is 27.5 Å². The Balaban J connectivity index is 2.55. The number of nitrogens with zero attached hydrogens (tertiary/aromatic N) is 2. The highest BCUT2D eigenvalue weighted by atomic mass is 79.9. The van der Waals surface area contributed by atoms with Gasteiger partial charge in [0.25, 0.3) is 0 Å². The van der Waals surface area contributed by atoms with E-state index in [1.165, 1.54) is 0 Å². The minimum atomic E-state index is -0.647. The molecule has 2 rings (SSSR count). The van der Waals surface area contributed by atoms with Gasteiger partial charge in [-0.05, 0) is 41.5 Å². The van der Waals surface area contributed by atoms with E-state index in [2.05, 4.69) is 26.3 Å². The summed E-state index contributed by atoms with van der Waals surface area (Å²) in [6.45, 7) is 2.72. The molecule has 0 radical (unpaired) electrons. The molecule has 3 nitrogen and oxygen atoms in total. The van der Waals surface area contributed by atoms with Crippen LogP contribution in [0.5, 0.6) is 0 Å². The molecular weight excluding hydrogens is 364 g/mol. The maximum absolute atomic E-state index is 14.2. The van der Waals surface area contributed by atoms with Gasteiger partial charge in [0.05, 0.1) is 27.4 Å². The van der Waals surface area contributed by atoms with Crippen molar-refractivity contribution in [2.24, 2.45) is 0 Å². The van der Waals surface area contributed by atoms with Crippen LogP contribution in [0.2, 0.25) is 5.02 Å². The molecule has 1 heterocycles. The summed E-state index contributed by atoms with van der Waals surface area (Å²) in [5.74, 6) is -1.21. The number of aryl methyl sites for hydroxylation is 1. The first-order chi connectivity index (χ1) is 9.99. The fraction of sp³-hybridized carbons (Fsp3) is 0.357. The number of nitrogens with one attached hydrogen (secondary N) is 1. The lowest BCUT2D eigenvalue weighted by Crippen LogP contribution is -2.23. The molecule has 0 bridgehead atoms. The SMILES string of the molecule is CCCn1ncc(Br)c1C(NC)c1cc(F)c(Cl)cc1F. The molecule has 1 unspecified atom stereocenters. The summed E-state index contributed by atoms with van der Waals surface area (Å²) in [6, 6.07) is 1.58. The predicted octanol–water partition coefficient (Wildman–Crippen LogP) is 4.30. The first-order valence-electron chi connectivity index (χ1n) is 6.52. The second kappa shape index (κ2) is 6.85. The van der Waals surface area contributed by atoms with Gasteiger partial charge in [-0.1, -0.05) is 18.5 Å². The number of rotatable bonds is 5. The minimum Gasteiger partial charge on any atom is -0.308 e. The Bertz CT molecular complexity index is 645. The van der Waals surface area contributed by atoms with Gasteiger partial charge in [-0.3, -0.25) is 4.68 Å². The van der Waals surface area contributed by atoms with Crippen LogP contribution in [0.15, 0.2) is 22.8 Å². The van der Waals surface area contributed by atoms with E-state index in [1.54, 1.807) is 17.9 Å². The van der Waals surface area contributed by atoms with Crippen molar-refractivity contribution in [3.8, 4) is 0 Å². The molecule has 0 aliphatic heterocycles. The van der Waals surface area contributed by atoms with Crippen molar-refractivity contribution in [3.05, 3.63) is 50.7 Å². The molecule has 2 aromatic rings. The molecule has 114 valence electrons. The van der Waals surface area contributed by atoms with E-state index in [4.69, 9.17) is 11.6 Å². The van der Waals surface area contributed by atoms with Crippen molar-refractivity contribution in [1.29, 1.82) is 0 Å². The monoisotopic (exact) mass is 377 g/mol. The highest BCUT2D eigenvalue weighted by Crippen LogP contribution is 2.32. The quantitative estimate of drug-likeness (QED) is 0.786. The summed E-state index contributed by atoms with van der Waals surface area (Å²) in [5.41, 5.74) is 0.943. The molecular formula is C14H15BrClF2N3. The lowest BCUT2D eigenvalue weighted by atomic mass is 10.0. The van der Waals surface area contributed by atoms with Gasteiger partial charge in [-0.2, -0.15) is 5.10 Å². The summed E-state index contributed by atoms with van der Waals surface area (Å²) in [4.78, 5) is 0. The summed E-state index contributed by atoms with van der Waals surface area (Å²) in [6.07, 6.45) is 2.54. The Morgan fingerprint density at radius 3 is 2.71 bits per heavy atom. The van der Waals surface area contributed by atoms with E-state index in [-0.39, 0.29) is 10.6 Å². The summed E-state index contributed by atoms with van der Waals surface area (Å²) >= 11 is 9.03. The van der Waals surface area contributed by atoms with Gasteiger partial charge in [0.2, 0.25) is 0 Å². The van der Waals surface area contributed by atoms with E-state index in [1.807, 2.05) is 6.92 Å². The third-order valence-electron chi connectivity index (χ3n) is 3.18. The van der Waals surface area contributed by atoms with E-state index >= 15 is 0 Å². The maximum atomic E-state index is 14.2. The van der Waals surface area contributed by atoms with Crippen LogP contribution in [0.25, 0.3) is 0 Å². The second-order valence-electron chi connectivity index (χ2n) is 4.61. The van der Waals surface area contributed by atoms with Gasteiger partial charge in [0.15, 0.2) is 0 Å². The zero-order chi connectivity index (χ0) is 15.6. The largest absolute Gasteiger partial charge is 0.308 e. The molecule has 0 amide bonds. The standard InChI is InChI=1S/C14H15BrClF2N3/c1-3-4-21-14(9(15)7-20-21)13(19-2)8-5-12(18)10(16)6-11(8)17/h5-7,13,19H,3-4H2,1-2H3. The van der Waals surface area contributed by atoms with Gasteiger partial charge in [0.1, 0.15) is 11.6 Å². The molecule has 1 atom stereocenters. The van der Waals surface area contributed by atoms with Gasteiger partial charge in [-0.15, -0.1) is 0 Å². The highest BCUT2D eigenvalue weighted by Gasteiger charge is 2.24. The third kappa shape index (κ3) is 3.27. The molecule has 0 aliphatic carbocycles. The van der Waals surface area contributed by atoms with Gasteiger partial charge >= 0.3 is 0 Å². The van der Waals surface area contributed by atoms with Crippen molar-refractivity contribution in [2.45, 2.75) is 25.9 Å². The Morgan fingerprint density at radius 2 is 2.10 bits per heavy atom. The van der Waals surface area contributed by atoms with Crippen molar-refractivity contribution in [3.63, 3.8) is 0 Å². The smallest absolute Gasteiger partial charge is 0.142 e. The molecule has 1 N–H and O–H groups in total. The van der Waals surface area contributed by atoms with E-state index < -0.39 is 17.7 Å². The minimum absolute atomic E-state index is 0.193. The van der Waals surface area contributed by atoms with Crippen LogP contribution in [-0.4, -0.2) is 16.8 Å². The van der Waals surface area contributed by atoms with Crippen molar-refractivity contribution in [1.82, 2.24) is 15.1 Å². The number of hydrogen-bond donors (Lipinski definition) is 1. The van der Waals surface area contributed by atoms with E-state index in [0.29, 0.717) is 6.54 Å². The third-order valence-corrected chi connectivity index (χ3v) is 4.08. The molecule has 0 saturated heterocycles. The average Bonchev–Trinajstić information content (AvgIpc) is 2.79. The van der Waals surface area contributed by atoms with Gasteiger partial charge in [0, 0.05) is 12.1 Å². The Labute approximate surface area is 135 Å². The Kier molecular flexibility index (Phi) is 5.35. The molecule has 21 heavy (non-hydrogen) atoms. The zero-order valence-corrected chi connectivity index (χ0v) is 14.0.